The summed E-state index contributed by atoms with van der Waals surface area (Å²) in [7, 11) is -4.19. The van der Waals surface area contributed by atoms with Crippen LogP contribution in [-0.2, 0) is 32.6 Å². The highest BCUT2D eigenvalue weighted by atomic mass is 32.2. The van der Waals surface area contributed by atoms with Gasteiger partial charge in [0.2, 0.25) is 11.8 Å². The lowest BCUT2D eigenvalue weighted by atomic mass is 10.0. The van der Waals surface area contributed by atoms with E-state index in [4.69, 9.17) is 4.74 Å². The topological polar surface area (TPSA) is 96.0 Å². The highest BCUT2D eigenvalue weighted by Gasteiger charge is 2.35. The number of sulfonamides is 1. The smallest absolute Gasteiger partial charge is 0.264 e. The summed E-state index contributed by atoms with van der Waals surface area (Å²) in [6.07, 6.45) is 0.977. The van der Waals surface area contributed by atoms with Crippen LogP contribution in [0.15, 0.2) is 108 Å². The van der Waals surface area contributed by atoms with E-state index < -0.39 is 28.5 Å². The number of rotatable bonds is 15. The lowest BCUT2D eigenvalue weighted by molar-refractivity contribution is -0.140. The molecule has 4 aromatic rings. The van der Waals surface area contributed by atoms with Crippen LogP contribution in [0, 0.1) is 13.8 Å². The van der Waals surface area contributed by atoms with Gasteiger partial charge >= 0.3 is 0 Å². The average Bonchev–Trinajstić information content (AvgIpc) is 3.07. The number of nitrogens with one attached hydrogen (secondary N) is 1. The molecule has 0 saturated carbocycles. The fourth-order valence-electron chi connectivity index (χ4n) is 5.13. The Morgan fingerprint density at radius 3 is 1.96 bits per heavy atom. The fourth-order valence-corrected chi connectivity index (χ4v) is 6.54. The summed E-state index contributed by atoms with van der Waals surface area (Å²) in [6.45, 7) is 9.69. The predicted octanol–water partition coefficient (Wildman–Crippen LogP) is 6.45. The number of benzene rings is 4. The molecule has 0 heterocycles. The van der Waals surface area contributed by atoms with Crippen LogP contribution < -0.4 is 14.4 Å². The zero-order valence-corrected chi connectivity index (χ0v) is 28.7. The number of anilines is 1. The molecule has 2 amide bonds. The average molecular weight is 656 g/mol. The number of ether oxygens (including phenoxy) is 1. The predicted molar refractivity (Wildman–Crippen MR) is 187 cm³/mol. The molecule has 0 aliphatic carbocycles. The van der Waals surface area contributed by atoms with E-state index in [-0.39, 0.29) is 29.8 Å². The quantitative estimate of drug-likeness (QED) is 0.159. The number of aryl methyl sites for hydroxylation is 2. The van der Waals surface area contributed by atoms with Crippen molar-refractivity contribution in [2.24, 2.45) is 0 Å². The maximum atomic E-state index is 14.6. The molecule has 9 heteroatoms. The van der Waals surface area contributed by atoms with E-state index in [2.05, 4.69) is 5.32 Å². The molecular weight excluding hydrogens is 611 g/mol. The molecule has 8 nitrogen and oxygen atoms in total. The van der Waals surface area contributed by atoms with Crippen LogP contribution in [-0.4, -0.2) is 50.4 Å². The molecule has 0 aliphatic heterocycles. The highest BCUT2D eigenvalue weighted by Crippen LogP contribution is 2.27. The van der Waals surface area contributed by atoms with Crippen molar-refractivity contribution in [2.45, 2.75) is 71.0 Å². The first-order valence-corrected chi connectivity index (χ1v) is 17.5. The number of carbonyl (C=O) groups excluding carboxylic acids is 2. The monoisotopic (exact) mass is 655 g/mol. The Morgan fingerprint density at radius 2 is 1.38 bits per heavy atom. The third-order valence-corrected chi connectivity index (χ3v) is 9.86. The number of hydrogen-bond donors (Lipinski definition) is 1. The molecule has 0 aliphatic rings. The Bertz CT molecular complexity index is 1710. The van der Waals surface area contributed by atoms with Crippen LogP contribution in [0.3, 0.4) is 0 Å². The van der Waals surface area contributed by atoms with Crippen molar-refractivity contribution in [3.8, 4) is 5.75 Å². The Morgan fingerprint density at radius 1 is 0.787 bits per heavy atom. The summed E-state index contributed by atoms with van der Waals surface area (Å²) in [6, 6.07) is 29.5. The number of hydrogen-bond acceptors (Lipinski definition) is 5. The van der Waals surface area contributed by atoms with Crippen molar-refractivity contribution in [1.82, 2.24) is 10.2 Å². The van der Waals surface area contributed by atoms with Crippen LogP contribution in [0.5, 0.6) is 5.75 Å². The number of carbonyl (C=O) groups is 2. The molecule has 0 unspecified atom stereocenters. The van der Waals surface area contributed by atoms with E-state index in [1.165, 1.54) is 4.90 Å². The number of nitrogens with zero attached hydrogens (tertiary/aromatic N) is 2. The van der Waals surface area contributed by atoms with Crippen molar-refractivity contribution in [3.05, 3.63) is 125 Å². The standard InChI is InChI=1S/C38H45N3O5S/c1-6-30(5)39-38(43)36(25-31-11-9-8-10-12-31)40(26-32-17-13-28(3)14-18-32)37(42)27-41(33-19-21-34(22-20-33)46-7-2)47(44,45)35-23-15-29(4)16-24-35/h8-24,30,36H,6-7,25-27H2,1-5H3,(H,39,43)/t30-,36-/m1/s1. The molecule has 4 rings (SSSR count). The van der Waals surface area contributed by atoms with Crippen LogP contribution in [0.2, 0.25) is 0 Å². The second-order valence-corrected chi connectivity index (χ2v) is 13.6. The van der Waals surface area contributed by atoms with Gasteiger partial charge < -0.3 is 15.0 Å². The van der Waals surface area contributed by atoms with Crippen LogP contribution >= 0.6 is 0 Å². The fraction of sp³-hybridized carbons (Fsp3) is 0.316. The Kier molecular flexibility index (Phi) is 12.2. The minimum atomic E-state index is -4.19. The Labute approximate surface area is 279 Å². The SMILES string of the molecule is CCOc1ccc(N(CC(=O)N(Cc2ccc(C)cc2)[C@H](Cc2ccccc2)C(=O)N[C@H](C)CC)S(=O)(=O)c2ccc(C)cc2)cc1. The van der Waals surface area contributed by atoms with Gasteiger partial charge in [-0.05, 0) is 81.6 Å². The van der Waals surface area contributed by atoms with Gasteiger partial charge in [0.1, 0.15) is 18.3 Å². The molecule has 1 N–H and O–H groups in total. The van der Waals surface area contributed by atoms with E-state index in [0.29, 0.717) is 18.0 Å². The zero-order chi connectivity index (χ0) is 34.0. The lowest BCUT2D eigenvalue weighted by Gasteiger charge is -2.34. The van der Waals surface area contributed by atoms with Crippen LogP contribution in [0.25, 0.3) is 0 Å². The molecule has 0 bridgehead atoms. The first-order valence-electron chi connectivity index (χ1n) is 16.0. The van der Waals surface area contributed by atoms with Gasteiger partial charge in [-0.1, -0.05) is 84.8 Å². The molecule has 0 radical (unpaired) electrons. The molecule has 248 valence electrons. The first-order chi connectivity index (χ1) is 22.5. The molecule has 0 spiro atoms. The van der Waals surface area contributed by atoms with Crippen molar-refractivity contribution in [3.63, 3.8) is 0 Å². The van der Waals surface area contributed by atoms with Gasteiger partial charge in [0.25, 0.3) is 10.0 Å². The van der Waals surface area contributed by atoms with Gasteiger partial charge in [0, 0.05) is 19.0 Å². The Hall–Kier alpha value is -4.63. The second-order valence-electron chi connectivity index (χ2n) is 11.8. The lowest BCUT2D eigenvalue weighted by Crippen LogP contribution is -2.54. The van der Waals surface area contributed by atoms with Gasteiger partial charge in [-0.15, -0.1) is 0 Å². The first kappa shape index (κ1) is 35.2. The third kappa shape index (κ3) is 9.45. The molecule has 0 fully saturated rings. The van der Waals surface area contributed by atoms with Crippen molar-refractivity contribution in [1.29, 1.82) is 0 Å². The van der Waals surface area contributed by atoms with Gasteiger partial charge in [-0.3, -0.25) is 13.9 Å². The maximum Gasteiger partial charge on any atom is 0.264 e. The van der Waals surface area contributed by atoms with E-state index in [1.807, 2.05) is 89.2 Å². The van der Waals surface area contributed by atoms with Crippen molar-refractivity contribution in [2.75, 3.05) is 17.5 Å². The summed E-state index contributed by atoms with van der Waals surface area (Å²) in [4.78, 5) is 30.1. The molecular formula is C38H45N3O5S. The van der Waals surface area contributed by atoms with E-state index in [0.717, 1.165) is 33.0 Å². The van der Waals surface area contributed by atoms with E-state index in [1.54, 1.807) is 48.5 Å². The van der Waals surface area contributed by atoms with Gasteiger partial charge in [0.15, 0.2) is 0 Å². The molecule has 0 aromatic heterocycles. The third-order valence-electron chi connectivity index (χ3n) is 8.07. The minimum Gasteiger partial charge on any atom is -0.494 e. The van der Waals surface area contributed by atoms with Crippen molar-refractivity contribution < 1.29 is 22.7 Å². The number of amides is 2. The molecule has 4 aromatic carbocycles. The summed E-state index contributed by atoms with van der Waals surface area (Å²) in [5.74, 6) is -0.214. The molecule has 0 saturated heterocycles. The van der Waals surface area contributed by atoms with Crippen molar-refractivity contribution >= 4 is 27.5 Å². The van der Waals surface area contributed by atoms with Crippen LogP contribution in [0.1, 0.15) is 49.4 Å². The van der Waals surface area contributed by atoms with Gasteiger partial charge in [-0.2, -0.15) is 0 Å². The minimum absolute atomic E-state index is 0.0604. The molecule has 47 heavy (non-hydrogen) atoms. The Balaban J connectivity index is 1.80. The summed E-state index contributed by atoms with van der Waals surface area (Å²) >= 11 is 0. The summed E-state index contributed by atoms with van der Waals surface area (Å²) in [5, 5.41) is 3.07. The largest absolute Gasteiger partial charge is 0.494 e. The molecule has 2 atom stereocenters. The summed E-state index contributed by atoms with van der Waals surface area (Å²) in [5.41, 5.74) is 3.99. The normalized spacial score (nSPS) is 12.5. The maximum absolute atomic E-state index is 14.6. The van der Waals surface area contributed by atoms with Gasteiger partial charge in [0.05, 0.1) is 17.2 Å². The zero-order valence-electron chi connectivity index (χ0n) is 27.8. The van der Waals surface area contributed by atoms with Gasteiger partial charge in [-0.25, -0.2) is 8.42 Å². The highest BCUT2D eigenvalue weighted by molar-refractivity contribution is 7.92. The van der Waals surface area contributed by atoms with Crippen LogP contribution in [0.4, 0.5) is 5.69 Å². The second kappa shape index (κ2) is 16.3. The van der Waals surface area contributed by atoms with E-state index >= 15 is 0 Å². The van der Waals surface area contributed by atoms with E-state index in [9.17, 15) is 18.0 Å². The summed E-state index contributed by atoms with van der Waals surface area (Å²) < 4.78 is 35.2.